The van der Waals surface area contributed by atoms with Crippen molar-refractivity contribution in [1.82, 2.24) is 0 Å². The molecule has 1 heterocycles. The molecule has 0 bridgehead atoms. The molecule has 0 radical (unpaired) electrons. The molecule has 4 nitrogen and oxygen atoms in total. The Hall–Kier alpha value is -1.17. The summed E-state index contributed by atoms with van der Waals surface area (Å²) in [6.45, 7) is 0.585. The summed E-state index contributed by atoms with van der Waals surface area (Å²) in [5.41, 5.74) is 5.68. The third kappa shape index (κ3) is 2.57. The molecular weight excluding hydrogens is 247 g/mol. The van der Waals surface area contributed by atoms with E-state index >= 15 is 0 Å². The molecule has 6 heteroatoms. The highest BCUT2D eigenvalue weighted by atomic mass is 35.5. The second-order valence-corrected chi connectivity index (χ2v) is 4.30. The number of nitrogens with two attached hydrogens (primary N) is 1. The summed E-state index contributed by atoms with van der Waals surface area (Å²) >= 11 is 5.80. The van der Waals surface area contributed by atoms with Crippen molar-refractivity contribution < 1.29 is 13.9 Å². The van der Waals surface area contributed by atoms with Crippen LogP contribution in [-0.2, 0) is 9.53 Å². The van der Waals surface area contributed by atoms with Gasteiger partial charge in [-0.05, 0) is 12.1 Å². The largest absolute Gasteiger partial charge is 0.379 e. The second kappa shape index (κ2) is 5.00. The van der Waals surface area contributed by atoms with Crippen LogP contribution in [0.4, 0.5) is 10.1 Å². The second-order valence-electron chi connectivity index (χ2n) is 3.89. The van der Waals surface area contributed by atoms with Gasteiger partial charge in [-0.25, -0.2) is 4.39 Å². The molecular formula is C11H12ClFN2O2. The number of hydrogen-bond donors (Lipinski definition) is 2. The van der Waals surface area contributed by atoms with Gasteiger partial charge in [-0.3, -0.25) is 4.79 Å². The fraction of sp³-hybridized carbons (Fsp3) is 0.364. The standard InChI is InChI=1S/C11H12ClFN2O2/c12-7-2-1-3-8(13)10(7)15-11(16)6-4-17-5-9(6)14/h1-3,6,9H,4-5,14H2,(H,15,16). The zero-order valence-electron chi connectivity index (χ0n) is 8.95. The van der Waals surface area contributed by atoms with Crippen LogP contribution in [-0.4, -0.2) is 25.2 Å². The molecule has 1 fully saturated rings. The Morgan fingerprint density at radius 1 is 1.53 bits per heavy atom. The average molecular weight is 259 g/mol. The monoisotopic (exact) mass is 258 g/mol. The van der Waals surface area contributed by atoms with Crippen LogP contribution in [0.5, 0.6) is 0 Å². The van der Waals surface area contributed by atoms with Gasteiger partial charge in [0, 0.05) is 6.04 Å². The number of para-hydroxylation sites is 1. The first-order chi connectivity index (χ1) is 8.09. The molecule has 2 rings (SSSR count). The van der Waals surface area contributed by atoms with Crippen molar-refractivity contribution in [2.24, 2.45) is 11.7 Å². The van der Waals surface area contributed by atoms with E-state index in [1.54, 1.807) is 0 Å². The lowest BCUT2D eigenvalue weighted by Gasteiger charge is -2.14. The third-order valence-corrected chi connectivity index (χ3v) is 2.99. The highest BCUT2D eigenvalue weighted by Crippen LogP contribution is 2.25. The van der Waals surface area contributed by atoms with Gasteiger partial charge in [0.05, 0.1) is 29.8 Å². The predicted molar refractivity (Wildman–Crippen MR) is 62.3 cm³/mol. The maximum Gasteiger partial charge on any atom is 0.231 e. The highest BCUT2D eigenvalue weighted by molar-refractivity contribution is 6.33. The maximum atomic E-state index is 13.4. The van der Waals surface area contributed by atoms with Crippen molar-refractivity contribution in [2.45, 2.75) is 6.04 Å². The summed E-state index contributed by atoms with van der Waals surface area (Å²) in [6, 6.07) is 3.84. The van der Waals surface area contributed by atoms with Gasteiger partial charge in [-0.15, -0.1) is 0 Å². The van der Waals surface area contributed by atoms with Gasteiger partial charge in [-0.2, -0.15) is 0 Å². The molecule has 92 valence electrons. The van der Waals surface area contributed by atoms with E-state index in [0.717, 1.165) is 0 Å². The Morgan fingerprint density at radius 3 is 2.88 bits per heavy atom. The summed E-state index contributed by atoms with van der Waals surface area (Å²) < 4.78 is 18.5. The van der Waals surface area contributed by atoms with Crippen LogP contribution in [0.2, 0.25) is 5.02 Å². The lowest BCUT2D eigenvalue weighted by atomic mass is 10.0. The topological polar surface area (TPSA) is 64.3 Å². The minimum absolute atomic E-state index is 0.0155. The van der Waals surface area contributed by atoms with Crippen molar-refractivity contribution in [3.63, 3.8) is 0 Å². The van der Waals surface area contributed by atoms with Crippen LogP contribution in [0.25, 0.3) is 0 Å². The van der Waals surface area contributed by atoms with Gasteiger partial charge in [-0.1, -0.05) is 17.7 Å². The van der Waals surface area contributed by atoms with Crippen molar-refractivity contribution >= 4 is 23.2 Å². The molecule has 0 aliphatic carbocycles. The Balaban J connectivity index is 2.13. The average Bonchev–Trinajstić information content (AvgIpc) is 2.70. The lowest BCUT2D eigenvalue weighted by Crippen LogP contribution is -2.37. The first-order valence-electron chi connectivity index (χ1n) is 5.18. The minimum atomic E-state index is -0.571. The van der Waals surface area contributed by atoms with Crippen molar-refractivity contribution in [3.8, 4) is 0 Å². The highest BCUT2D eigenvalue weighted by Gasteiger charge is 2.31. The van der Waals surface area contributed by atoms with Gasteiger partial charge in [0.1, 0.15) is 5.82 Å². The summed E-state index contributed by atoms with van der Waals surface area (Å²) in [5, 5.41) is 2.60. The first kappa shape index (κ1) is 12.3. The maximum absolute atomic E-state index is 13.4. The van der Waals surface area contributed by atoms with Gasteiger partial charge >= 0.3 is 0 Å². The number of amides is 1. The lowest BCUT2D eigenvalue weighted by molar-refractivity contribution is -0.120. The minimum Gasteiger partial charge on any atom is -0.379 e. The van der Waals surface area contributed by atoms with Crippen LogP contribution >= 0.6 is 11.6 Å². The van der Waals surface area contributed by atoms with Gasteiger partial charge in [0.25, 0.3) is 0 Å². The smallest absolute Gasteiger partial charge is 0.231 e. The molecule has 1 aromatic carbocycles. The molecule has 2 atom stereocenters. The number of rotatable bonds is 2. The number of carbonyl (C=O) groups is 1. The molecule has 17 heavy (non-hydrogen) atoms. The summed E-state index contributed by atoms with van der Waals surface area (Å²) in [4.78, 5) is 11.8. The number of benzene rings is 1. The quantitative estimate of drug-likeness (QED) is 0.843. The van der Waals surface area contributed by atoms with E-state index in [1.807, 2.05) is 0 Å². The molecule has 1 amide bonds. The third-order valence-electron chi connectivity index (χ3n) is 2.67. The van der Waals surface area contributed by atoms with E-state index in [0.29, 0.717) is 6.61 Å². The van der Waals surface area contributed by atoms with Crippen LogP contribution in [0, 0.1) is 11.7 Å². The van der Waals surface area contributed by atoms with Crippen LogP contribution in [0.15, 0.2) is 18.2 Å². The fourth-order valence-electron chi connectivity index (χ4n) is 1.67. The van der Waals surface area contributed by atoms with Crippen LogP contribution < -0.4 is 11.1 Å². The van der Waals surface area contributed by atoms with Gasteiger partial charge in [0.2, 0.25) is 5.91 Å². The molecule has 3 N–H and O–H groups in total. The van der Waals surface area contributed by atoms with E-state index < -0.39 is 11.7 Å². The van der Waals surface area contributed by atoms with Crippen molar-refractivity contribution in [3.05, 3.63) is 29.0 Å². The number of ether oxygens (including phenoxy) is 1. The Morgan fingerprint density at radius 2 is 2.29 bits per heavy atom. The fourth-order valence-corrected chi connectivity index (χ4v) is 1.88. The number of hydrogen-bond acceptors (Lipinski definition) is 3. The SMILES string of the molecule is NC1COCC1C(=O)Nc1c(F)cccc1Cl. The zero-order chi connectivity index (χ0) is 12.4. The number of halogens is 2. The van der Waals surface area contributed by atoms with E-state index in [9.17, 15) is 9.18 Å². The molecule has 0 saturated carbocycles. The molecule has 0 aromatic heterocycles. The Labute approximate surface area is 103 Å². The van der Waals surface area contributed by atoms with E-state index in [-0.39, 0.29) is 29.3 Å². The molecule has 0 spiro atoms. The van der Waals surface area contributed by atoms with E-state index in [1.165, 1.54) is 18.2 Å². The van der Waals surface area contributed by atoms with Gasteiger partial charge in [0.15, 0.2) is 0 Å². The van der Waals surface area contributed by atoms with E-state index in [2.05, 4.69) is 5.32 Å². The normalized spacial score (nSPS) is 23.7. The van der Waals surface area contributed by atoms with Crippen molar-refractivity contribution in [1.29, 1.82) is 0 Å². The molecule has 1 aliphatic rings. The van der Waals surface area contributed by atoms with Crippen LogP contribution in [0.1, 0.15) is 0 Å². The molecule has 1 aliphatic heterocycles. The summed E-state index contributed by atoms with van der Waals surface area (Å²) in [7, 11) is 0. The Kier molecular flexibility index (Phi) is 3.61. The number of anilines is 1. The van der Waals surface area contributed by atoms with Crippen LogP contribution in [0.3, 0.4) is 0 Å². The van der Waals surface area contributed by atoms with Gasteiger partial charge < -0.3 is 15.8 Å². The Bertz CT molecular complexity index is 421. The van der Waals surface area contributed by atoms with Crippen molar-refractivity contribution in [2.75, 3.05) is 18.5 Å². The van der Waals surface area contributed by atoms with E-state index in [4.69, 9.17) is 22.1 Å². The molecule has 2 unspecified atom stereocenters. The summed E-state index contributed by atoms with van der Waals surface area (Å²) in [5.74, 6) is -1.41. The molecule has 1 aromatic rings. The predicted octanol–water partition coefficient (Wildman–Crippen LogP) is 1.39. The number of carbonyl (C=O) groups excluding carboxylic acids is 1. The summed E-state index contributed by atoms with van der Waals surface area (Å²) in [6.07, 6.45) is 0. The zero-order valence-corrected chi connectivity index (χ0v) is 9.71. The first-order valence-corrected chi connectivity index (χ1v) is 5.55. The molecule has 1 saturated heterocycles. The number of nitrogens with one attached hydrogen (secondary N) is 1.